The van der Waals surface area contributed by atoms with Crippen LogP contribution in [0.15, 0.2) is 40.9 Å². The Morgan fingerprint density at radius 2 is 2.00 bits per heavy atom. The average molecular weight is 304 g/mol. The fraction of sp³-hybridized carbons (Fsp3) is 0.0714. The minimum absolute atomic E-state index is 0.168. The first-order chi connectivity index (χ1) is 8.61. The van der Waals surface area contributed by atoms with Crippen LogP contribution in [0.3, 0.4) is 0 Å². The van der Waals surface area contributed by atoms with Crippen LogP contribution in [0.1, 0.15) is 11.1 Å². The molecular formula is C14H10BrNO2. The van der Waals surface area contributed by atoms with Gasteiger partial charge in [0, 0.05) is 10.0 Å². The summed E-state index contributed by atoms with van der Waals surface area (Å²) in [6.07, 6.45) is 0. The summed E-state index contributed by atoms with van der Waals surface area (Å²) < 4.78 is 6.51. The van der Waals surface area contributed by atoms with E-state index in [1.54, 1.807) is 43.3 Å². The maximum absolute atomic E-state index is 9.60. The van der Waals surface area contributed by atoms with Gasteiger partial charge in [0.25, 0.3) is 0 Å². The Hall–Kier alpha value is -1.99. The van der Waals surface area contributed by atoms with Gasteiger partial charge in [0.1, 0.15) is 23.3 Å². The third kappa shape index (κ3) is 2.47. The van der Waals surface area contributed by atoms with Crippen LogP contribution < -0.4 is 4.74 Å². The van der Waals surface area contributed by atoms with E-state index in [1.807, 2.05) is 0 Å². The van der Waals surface area contributed by atoms with Gasteiger partial charge in [0.2, 0.25) is 0 Å². The van der Waals surface area contributed by atoms with Crippen molar-refractivity contribution in [3.05, 3.63) is 52.0 Å². The number of halogens is 1. The summed E-state index contributed by atoms with van der Waals surface area (Å²) in [6, 6.07) is 12.3. The summed E-state index contributed by atoms with van der Waals surface area (Å²) in [6.45, 7) is 1.76. The molecule has 2 aromatic rings. The van der Waals surface area contributed by atoms with Crippen molar-refractivity contribution in [1.29, 1.82) is 5.26 Å². The van der Waals surface area contributed by atoms with E-state index in [9.17, 15) is 5.11 Å². The van der Waals surface area contributed by atoms with E-state index in [4.69, 9.17) is 10.00 Å². The highest BCUT2D eigenvalue weighted by Gasteiger charge is 2.09. The third-order valence-corrected chi connectivity index (χ3v) is 3.03. The topological polar surface area (TPSA) is 53.2 Å². The van der Waals surface area contributed by atoms with Gasteiger partial charge < -0.3 is 9.84 Å². The highest BCUT2D eigenvalue weighted by Crippen LogP contribution is 2.33. The van der Waals surface area contributed by atoms with Gasteiger partial charge >= 0.3 is 0 Å². The first-order valence-electron chi connectivity index (χ1n) is 5.28. The average Bonchev–Trinajstić information content (AvgIpc) is 2.35. The van der Waals surface area contributed by atoms with Crippen LogP contribution in [0.5, 0.6) is 17.2 Å². The molecule has 1 N–H and O–H groups in total. The fourth-order valence-electron chi connectivity index (χ4n) is 1.50. The molecule has 0 heterocycles. The maximum Gasteiger partial charge on any atom is 0.146 e. The molecule has 0 amide bonds. The second kappa shape index (κ2) is 5.11. The lowest BCUT2D eigenvalue weighted by Crippen LogP contribution is -1.91. The molecule has 0 atom stereocenters. The van der Waals surface area contributed by atoms with Crippen molar-refractivity contribution in [2.24, 2.45) is 0 Å². The molecule has 0 aliphatic rings. The molecule has 90 valence electrons. The van der Waals surface area contributed by atoms with Crippen LogP contribution in [-0.2, 0) is 0 Å². The largest absolute Gasteiger partial charge is 0.508 e. The van der Waals surface area contributed by atoms with E-state index in [-0.39, 0.29) is 5.75 Å². The van der Waals surface area contributed by atoms with Gasteiger partial charge in [-0.25, -0.2) is 0 Å². The summed E-state index contributed by atoms with van der Waals surface area (Å²) in [4.78, 5) is 0. The van der Waals surface area contributed by atoms with Crippen molar-refractivity contribution in [3.63, 3.8) is 0 Å². The van der Waals surface area contributed by atoms with Crippen LogP contribution in [-0.4, -0.2) is 5.11 Å². The highest BCUT2D eigenvalue weighted by molar-refractivity contribution is 9.10. The third-order valence-electron chi connectivity index (χ3n) is 2.54. The number of nitrogens with zero attached hydrogens (tertiary/aromatic N) is 1. The normalized spacial score (nSPS) is 9.83. The van der Waals surface area contributed by atoms with Gasteiger partial charge in [-0.3, -0.25) is 0 Å². The molecule has 0 spiro atoms. The van der Waals surface area contributed by atoms with Crippen molar-refractivity contribution >= 4 is 15.9 Å². The number of rotatable bonds is 2. The van der Waals surface area contributed by atoms with Crippen LogP contribution in [0.4, 0.5) is 0 Å². The number of nitriles is 1. The summed E-state index contributed by atoms with van der Waals surface area (Å²) in [5, 5.41) is 18.6. The molecule has 2 rings (SSSR count). The number of phenols is 1. The fourth-order valence-corrected chi connectivity index (χ4v) is 1.84. The molecule has 0 aliphatic heterocycles. The zero-order valence-electron chi connectivity index (χ0n) is 9.64. The molecule has 0 aliphatic carbocycles. The van der Waals surface area contributed by atoms with Crippen LogP contribution in [0.2, 0.25) is 0 Å². The smallest absolute Gasteiger partial charge is 0.146 e. The van der Waals surface area contributed by atoms with E-state index in [0.29, 0.717) is 22.6 Å². The Kier molecular flexibility index (Phi) is 3.54. The van der Waals surface area contributed by atoms with Crippen molar-refractivity contribution in [2.75, 3.05) is 0 Å². The molecule has 0 radical (unpaired) electrons. The molecule has 3 nitrogen and oxygen atoms in total. The summed E-state index contributed by atoms with van der Waals surface area (Å²) in [5.41, 5.74) is 1.09. The number of hydrogen-bond donors (Lipinski definition) is 1. The van der Waals surface area contributed by atoms with Crippen molar-refractivity contribution in [3.8, 4) is 23.3 Å². The highest BCUT2D eigenvalue weighted by atomic mass is 79.9. The Labute approximate surface area is 113 Å². The molecule has 0 saturated carbocycles. The summed E-state index contributed by atoms with van der Waals surface area (Å²) >= 11 is 3.33. The summed E-state index contributed by atoms with van der Waals surface area (Å²) in [5.74, 6) is 1.16. The van der Waals surface area contributed by atoms with Gasteiger partial charge in [0.15, 0.2) is 0 Å². The SMILES string of the molecule is Cc1c(O)cccc1Oc1cc(Br)ccc1C#N. The standard InChI is InChI=1S/C14H10BrNO2/c1-9-12(17)3-2-4-13(9)18-14-7-11(15)6-5-10(14)8-16/h2-7,17H,1H3. The molecule has 0 saturated heterocycles. The molecular weight excluding hydrogens is 294 g/mol. The number of aromatic hydroxyl groups is 1. The lowest BCUT2D eigenvalue weighted by molar-refractivity contribution is 0.447. The number of hydrogen-bond acceptors (Lipinski definition) is 3. The Morgan fingerprint density at radius 1 is 1.22 bits per heavy atom. The number of phenolic OH excluding ortho intramolecular Hbond substituents is 1. The molecule has 0 unspecified atom stereocenters. The molecule has 18 heavy (non-hydrogen) atoms. The van der Waals surface area contributed by atoms with Gasteiger partial charge in [-0.05, 0) is 37.3 Å². The van der Waals surface area contributed by atoms with Crippen LogP contribution >= 0.6 is 15.9 Å². The number of ether oxygens (including phenoxy) is 1. The Bertz CT molecular complexity index is 632. The first kappa shape index (κ1) is 12.5. The zero-order chi connectivity index (χ0) is 13.1. The predicted molar refractivity (Wildman–Crippen MR) is 71.8 cm³/mol. The zero-order valence-corrected chi connectivity index (χ0v) is 11.2. The van der Waals surface area contributed by atoms with E-state index >= 15 is 0 Å². The second-order valence-electron chi connectivity index (χ2n) is 3.75. The minimum atomic E-state index is 0.168. The van der Waals surface area contributed by atoms with Gasteiger partial charge in [-0.15, -0.1) is 0 Å². The first-order valence-corrected chi connectivity index (χ1v) is 6.07. The van der Waals surface area contributed by atoms with Crippen LogP contribution in [0, 0.1) is 18.3 Å². The van der Waals surface area contributed by atoms with Gasteiger partial charge in [0.05, 0.1) is 5.56 Å². The van der Waals surface area contributed by atoms with Crippen LogP contribution in [0.25, 0.3) is 0 Å². The van der Waals surface area contributed by atoms with E-state index in [2.05, 4.69) is 22.0 Å². The monoisotopic (exact) mass is 303 g/mol. The predicted octanol–water partition coefficient (Wildman–Crippen LogP) is 4.13. The van der Waals surface area contributed by atoms with E-state index in [1.165, 1.54) is 0 Å². The van der Waals surface area contributed by atoms with Gasteiger partial charge in [-0.2, -0.15) is 5.26 Å². The van der Waals surface area contributed by atoms with E-state index < -0.39 is 0 Å². The quantitative estimate of drug-likeness (QED) is 0.907. The van der Waals surface area contributed by atoms with Crippen molar-refractivity contribution in [2.45, 2.75) is 6.92 Å². The molecule has 0 fully saturated rings. The minimum Gasteiger partial charge on any atom is -0.508 e. The lowest BCUT2D eigenvalue weighted by atomic mass is 10.2. The second-order valence-corrected chi connectivity index (χ2v) is 4.67. The lowest BCUT2D eigenvalue weighted by Gasteiger charge is -2.11. The van der Waals surface area contributed by atoms with Crippen molar-refractivity contribution < 1.29 is 9.84 Å². The molecule has 2 aromatic carbocycles. The van der Waals surface area contributed by atoms with Crippen molar-refractivity contribution in [1.82, 2.24) is 0 Å². The molecule has 0 aromatic heterocycles. The van der Waals surface area contributed by atoms with Gasteiger partial charge in [-0.1, -0.05) is 22.0 Å². The van der Waals surface area contributed by atoms with E-state index in [0.717, 1.165) is 4.47 Å². The maximum atomic E-state index is 9.60. The number of benzene rings is 2. The Morgan fingerprint density at radius 3 is 2.72 bits per heavy atom. The molecule has 0 bridgehead atoms. The Balaban J connectivity index is 2.43. The molecule has 4 heteroatoms. The summed E-state index contributed by atoms with van der Waals surface area (Å²) in [7, 11) is 0.